The second-order valence-electron chi connectivity index (χ2n) is 4.21. The number of amides is 2. The highest BCUT2D eigenvalue weighted by Crippen LogP contribution is 2.08. The summed E-state index contributed by atoms with van der Waals surface area (Å²) in [7, 11) is 0. The lowest BCUT2D eigenvalue weighted by Crippen LogP contribution is -2.42. The Balaban J connectivity index is 1.77. The minimum atomic E-state index is -0.236. The van der Waals surface area contributed by atoms with Crippen LogP contribution in [0, 0.1) is 0 Å². The summed E-state index contributed by atoms with van der Waals surface area (Å²) >= 11 is 0. The number of H-pyrrole nitrogens is 1. The number of nitrogens with zero attached hydrogens (tertiary/aromatic N) is 1. The molecule has 1 saturated heterocycles. The minimum absolute atomic E-state index is 0.00426. The van der Waals surface area contributed by atoms with Crippen LogP contribution < -0.4 is 5.32 Å². The lowest BCUT2D eigenvalue weighted by Gasteiger charge is -2.26. The maximum absolute atomic E-state index is 11.8. The van der Waals surface area contributed by atoms with E-state index in [4.69, 9.17) is 0 Å². The molecule has 1 fully saturated rings. The fraction of sp³-hybridized carbons (Fsp3) is 0.500. The van der Waals surface area contributed by atoms with Gasteiger partial charge in [-0.25, -0.2) is 0 Å². The Morgan fingerprint density at radius 1 is 1.29 bits per heavy atom. The third-order valence-electron chi connectivity index (χ3n) is 2.95. The molecule has 17 heavy (non-hydrogen) atoms. The lowest BCUT2D eigenvalue weighted by molar-refractivity contribution is -0.130. The maximum atomic E-state index is 11.8. The van der Waals surface area contributed by atoms with E-state index in [1.165, 1.54) is 6.42 Å². The van der Waals surface area contributed by atoms with Crippen LogP contribution in [-0.4, -0.2) is 41.3 Å². The van der Waals surface area contributed by atoms with Crippen molar-refractivity contribution in [2.75, 3.05) is 19.6 Å². The highest BCUT2D eigenvalue weighted by molar-refractivity contribution is 5.94. The van der Waals surface area contributed by atoms with Crippen LogP contribution in [0.25, 0.3) is 0 Å². The molecule has 5 heteroatoms. The smallest absolute Gasteiger partial charge is 0.268 e. The monoisotopic (exact) mass is 235 g/mol. The summed E-state index contributed by atoms with van der Waals surface area (Å²) in [4.78, 5) is 28.0. The molecule has 1 aromatic heterocycles. The molecular weight excluding hydrogens is 218 g/mol. The molecule has 1 aromatic rings. The molecule has 2 heterocycles. The van der Waals surface area contributed by atoms with Crippen molar-refractivity contribution < 1.29 is 9.59 Å². The van der Waals surface area contributed by atoms with Gasteiger partial charge in [0.2, 0.25) is 5.91 Å². The van der Waals surface area contributed by atoms with E-state index in [1.54, 1.807) is 18.3 Å². The highest BCUT2D eigenvalue weighted by atomic mass is 16.2. The normalized spacial score (nSPS) is 15.6. The number of aromatic amines is 1. The number of carbonyl (C=O) groups excluding carboxylic acids is 2. The average molecular weight is 235 g/mol. The zero-order chi connectivity index (χ0) is 12.1. The van der Waals surface area contributed by atoms with E-state index in [2.05, 4.69) is 10.3 Å². The van der Waals surface area contributed by atoms with Gasteiger partial charge in [0.05, 0.1) is 6.54 Å². The summed E-state index contributed by atoms with van der Waals surface area (Å²) in [6.45, 7) is 1.71. The van der Waals surface area contributed by atoms with Gasteiger partial charge in [0, 0.05) is 19.3 Å². The number of rotatable bonds is 3. The second kappa shape index (κ2) is 5.52. The predicted octanol–water partition coefficient (Wildman–Crippen LogP) is 0.757. The quantitative estimate of drug-likeness (QED) is 0.812. The van der Waals surface area contributed by atoms with E-state index in [0.29, 0.717) is 5.69 Å². The molecule has 2 rings (SSSR count). The first kappa shape index (κ1) is 11.7. The third-order valence-corrected chi connectivity index (χ3v) is 2.95. The molecule has 0 saturated carbocycles. The Bertz CT molecular complexity index is 380. The van der Waals surface area contributed by atoms with Crippen molar-refractivity contribution in [2.24, 2.45) is 0 Å². The van der Waals surface area contributed by atoms with Crippen LogP contribution in [-0.2, 0) is 4.79 Å². The van der Waals surface area contributed by atoms with E-state index in [9.17, 15) is 9.59 Å². The number of piperidine rings is 1. The van der Waals surface area contributed by atoms with Crippen LogP contribution in [0.1, 0.15) is 29.8 Å². The van der Waals surface area contributed by atoms with Crippen LogP contribution in [0.5, 0.6) is 0 Å². The van der Waals surface area contributed by atoms with E-state index in [0.717, 1.165) is 25.9 Å². The number of aromatic nitrogens is 1. The molecular formula is C12H17N3O2. The molecule has 0 bridgehead atoms. The fourth-order valence-corrected chi connectivity index (χ4v) is 1.98. The van der Waals surface area contributed by atoms with Crippen molar-refractivity contribution in [2.45, 2.75) is 19.3 Å². The van der Waals surface area contributed by atoms with Gasteiger partial charge >= 0.3 is 0 Å². The van der Waals surface area contributed by atoms with Gasteiger partial charge in [0.25, 0.3) is 5.91 Å². The molecule has 2 amide bonds. The van der Waals surface area contributed by atoms with Gasteiger partial charge in [0.1, 0.15) is 5.69 Å². The van der Waals surface area contributed by atoms with Crippen LogP contribution in [0.15, 0.2) is 18.3 Å². The minimum Gasteiger partial charge on any atom is -0.357 e. The molecule has 0 atom stereocenters. The van der Waals surface area contributed by atoms with Crippen LogP contribution in [0.4, 0.5) is 0 Å². The van der Waals surface area contributed by atoms with Crippen LogP contribution in [0.2, 0.25) is 0 Å². The molecule has 5 nitrogen and oxygen atoms in total. The Labute approximate surface area is 100 Å². The topological polar surface area (TPSA) is 65.2 Å². The first-order chi connectivity index (χ1) is 8.27. The maximum Gasteiger partial charge on any atom is 0.268 e. The van der Waals surface area contributed by atoms with E-state index < -0.39 is 0 Å². The van der Waals surface area contributed by atoms with Gasteiger partial charge in [-0.3, -0.25) is 9.59 Å². The molecule has 0 aromatic carbocycles. The zero-order valence-electron chi connectivity index (χ0n) is 9.74. The van der Waals surface area contributed by atoms with Crippen molar-refractivity contribution in [3.05, 3.63) is 24.0 Å². The number of nitrogens with one attached hydrogen (secondary N) is 2. The summed E-state index contributed by atoms with van der Waals surface area (Å²) in [5.74, 6) is -0.232. The molecule has 1 aliphatic heterocycles. The Morgan fingerprint density at radius 3 is 2.71 bits per heavy atom. The second-order valence-corrected chi connectivity index (χ2v) is 4.21. The van der Waals surface area contributed by atoms with Crippen LogP contribution >= 0.6 is 0 Å². The molecule has 0 spiro atoms. The largest absolute Gasteiger partial charge is 0.357 e. The SMILES string of the molecule is O=C(NCC(=O)N1CCCCC1)c1ccc[nH]1. The van der Waals surface area contributed by atoms with E-state index in [1.807, 2.05) is 4.90 Å². The van der Waals surface area contributed by atoms with Gasteiger partial charge in [-0.2, -0.15) is 0 Å². The molecule has 0 radical (unpaired) electrons. The summed E-state index contributed by atoms with van der Waals surface area (Å²) in [6, 6.07) is 3.43. The van der Waals surface area contributed by atoms with E-state index in [-0.39, 0.29) is 18.4 Å². The summed E-state index contributed by atoms with van der Waals surface area (Å²) in [6.07, 6.45) is 5.01. The Morgan fingerprint density at radius 2 is 2.06 bits per heavy atom. The summed E-state index contributed by atoms with van der Waals surface area (Å²) < 4.78 is 0. The number of likely N-dealkylation sites (tertiary alicyclic amines) is 1. The first-order valence-corrected chi connectivity index (χ1v) is 5.97. The molecule has 0 unspecified atom stereocenters. The van der Waals surface area contributed by atoms with Gasteiger partial charge in [0.15, 0.2) is 0 Å². The number of hydrogen-bond donors (Lipinski definition) is 2. The number of hydrogen-bond acceptors (Lipinski definition) is 2. The Kier molecular flexibility index (Phi) is 3.80. The zero-order valence-corrected chi connectivity index (χ0v) is 9.74. The molecule has 1 aliphatic rings. The van der Waals surface area contributed by atoms with Crippen molar-refractivity contribution in [1.29, 1.82) is 0 Å². The van der Waals surface area contributed by atoms with Crippen molar-refractivity contribution in [3.63, 3.8) is 0 Å². The highest BCUT2D eigenvalue weighted by Gasteiger charge is 2.17. The van der Waals surface area contributed by atoms with Gasteiger partial charge in [-0.05, 0) is 31.4 Å². The average Bonchev–Trinajstić information content (AvgIpc) is 2.90. The third kappa shape index (κ3) is 3.09. The van der Waals surface area contributed by atoms with Gasteiger partial charge in [-0.1, -0.05) is 0 Å². The summed E-state index contributed by atoms with van der Waals surface area (Å²) in [5.41, 5.74) is 0.483. The fourth-order valence-electron chi connectivity index (χ4n) is 1.98. The molecule has 2 N–H and O–H groups in total. The molecule has 92 valence electrons. The van der Waals surface area contributed by atoms with Crippen LogP contribution in [0.3, 0.4) is 0 Å². The van der Waals surface area contributed by atoms with Gasteiger partial charge in [-0.15, -0.1) is 0 Å². The van der Waals surface area contributed by atoms with Crippen molar-refractivity contribution >= 4 is 11.8 Å². The predicted molar refractivity (Wildman–Crippen MR) is 63.6 cm³/mol. The lowest BCUT2D eigenvalue weighted by atomic mass is 10.1. The summed E-state index contributed by atoms with van der Waals surface area (Å²) in [5, 5.41) is 2.62. The Hall–Kier alpha value is -1.78. The van der Waals surface area contributed by atoms with Crippen molar-refractivity contribution in [3.8, 4) is 0 Å². The van der Waals surface area contributed by atoms with Crippen molar-refractivity contribution in [1.82, 2.24) is 15.2 Å². The van der Waals surface area contributed by atoms with Gasteiger partial charge < -0.3 is 15.2 Å². The first-order valence-electron chi connectivity index (χ1n) is 5.97. The molecule has 0 aliphatic carbocycles. The standard InChI is InChI=1S/C12H17N3O2/c16-11(15-7-2-1-3-8-15)9-14-12(17)10-5-4-6-13-10/h4-6,13H,1-3,7-9H2,(H,14,17). The number of carbonyl (C=O) groups is 2. The van der Waals surface area contributed by atoms with E-state index >= 15 is 0 Å².